The number of hydrogen-bond acceptors (Lipinski definition) is 8. The monoisotopic (exact) mass is 457 g/mol. The van der Waals surface area contributed by atoms with E-state index in [2.05, 4.69) is 0 Å². The summed E-state index contributed by atoms with van der Waals surface area (Å²) in [6, 6.07) is 12.1. The second kappa shape index (κ2) is 9.15. The topological polar surface area (TPSA) is 130 Å². The van der Waals surface area contributed by atoms with E-state index in [0.29, 0.717) is 0 Å². The Hall–Kier alpha value is -3.79. The van der Waals surface area contributed by atoms with Gasteiger partial charge in [0.15, 0.2) is 0 Å². The van der Waals surface area contributed by atoms with Gasteiger partial charge in [0, 0.05) is 17.5 Å². The highest BCUT2D eigenvalue weighted by Gasteiger charge is 2.33. The number of fused-ring (bicyclic) bond motifs is 1. The van der Waals surface area contributed by atoms with Crippen LogP contribution in [0.2, 0.25) is 0 Å². The number of benzene rings is 3. The molecule has 32 heavy (non-hydrogen) atoms. The second-order valence-corrected chi connectivity index (χ2v) is 8.43. The predicted molar refractivity (Wildman–Crippen MR) is 114 cm³/mol. The van der Waals surface area contributed by atoms with Crippen molar-refractivity contribution >= 4 is 38.2 Å². The van der Waals surface area contributed by atoms with Crippen LogP contribution in [0.1, 0.15) is 34.6 Å². The van der Waals surface area contributed by atoms with Crippen molar-refractivity contribution in [1.82, 2.24) is 0 Å². The predicted octanol–water partition coefficient (Wildman–Crippen LogP) is 3.93. The average Bonchev–Trinajstić information content (AvgIpc) is 2.78. The second-order valence-electron chi connectivity index (χ2n) is 6.55. The van der Waals surface area contributed by atoms with E-state index in [0.717, 1.165) is 12.1 Å². The molecule has 0 fully saturated rings. The van der Waals surface area contributed by atoms with Gasteiger partial charge in [0.05, 0.1) is 39.1 Å². The first-order valence-corrected chi connectivity index (χ1v) is 11.1. The van der Waals surface area contributed by atoms with E-state index >= 15 is 0 Å². The van der Waals surface area contributed by atoms with Crippen LogP contribution >= 0.6 is 0 Å². The van der Waals surface area contributed by atoms with Crippen LogP contribution in [-0.4, -0.2) is 38.5 Å². The number of nitro benzene ring substituents is 1. The maximum Gasteiger partial charge on any atom is 0.340 e. The minimum atomic E-state index is -4.34. The van der Waals surface area contributed by atoms with E-state index in [4.69, 9.17) is 9.47 Å². The molecule has 0 aliphatic heterocycles. The summed E-state index contributed by atoms with van der Waals surface area (Å²) in [7, 11) is -4.34. The van der Waals surface area contributed by atoms with Gasteiger partial charge in [-0.05, 0) is 43.5 Å². The first-order chi connectivity index (χ1) is 15.2. The number of non-ortho nitro benzene ring substituents is 1. The fourth-order valence-electron chi connectivity index (χ4n) is 3.25. The molecule has 0 bridgehead atoms. The number of nitro groups is 1. The lowest BCUT2D eigenvalue weighted by molar-refractivity contribution is -0.384. The number of ether oxygens (including phenoxy) is 2. The minimum Gasteiger partial charge on any atom is -0.462 e. The van der Waals surface area contributed by atoms with Gasteiger partial charge in [0.25, 0.3) is 5.69 Å². The van der Waals surface area contributed by atoms with Crippen LogP contribution in [0.4, 0.5) is 5.69 Å². The summed E-state index contributed by atoms with van der Waals surface area (Å²) < 4.78 is 37.4. The summed E-state index contributed by atoms with van der Waals surface area (Å²) in [5, 5.41) is 11.4. The first-order valence-electron chi connectivity index (χ1n) is 9.61. The molecule has 0 aromatic heterocycles. The molecule has 0 aliphatic carbocycles. The molecule has 0 N–H and O–H groups in total. The van der Waals surface area contributed by atoms with Crippen molar-refractivity contribution in [3.05, 3.63) is 75.8 Å². The molecule has 0 spiro atoms. The molecule has 0 aliphatic rings. The third kappa shape index (κ3) is 4.17. The third-order valence-corrected chi connectivity index (χ3v) is 6.44. The number of sulfone groups is 1. The van der Waals surface area contributed by atoms with Gasteiger partial charge in [-0.15, -0.1) is 0 Å². The smallest absolute Gasteiger partial charge is 0.340 e. The fourth-order valence-corrected chi connectivity index (χ4v) is 4.94. The molecule has 0 radical (unpaired) electrons. The SMILES string of the molecule is CCOC(=O)c1cc2cc([N+](=O)[O-])ccc2c(S(=O)(=O)c2ccccc2)c1C(=O)OCC. The van der Waals surface area contributed by atoms with Gasteiger partial charge in [-0.1, -0.05) is 18.2 Å². The molecule has 10 heteroatoms. The number of esters is 2. The number of carbonyl (C=O) groups is 2. The van der Waals surface area contributed by atoms with Gasteiger partial charge in [-0.3, -0.25) is 10.1 Å². The maximum atomic E-state index is 13.6. The normalized spacial score (nSPS) is 11.2. The summed E-state index contributed by atoms with van der Waals surface area (Å²) in [5.74, 6) is -1.97. The Morgan fingerprint density at radius 1 is 0.938 bits per heavy atom. The molecule has 0 saturated heterocycles. The summed E-state index contributed by atoms with van der Waals surface area (Å²) in [6.07, 6.45) is 0. The Bertz CT molecular complexity index is 1320. The zero-order valence-electron chi connectivity index (χ0n) is 17.2. The van der Waals surface area contributed by atoms with E-state index in [1.807, 2.05) is 0 Å². The van der Waals surface area contributed by atoms with Crippen LogP contribution in [0.25, 0.3) is 10.8 Å². The lowest BCUT2D eigenvalue weighted by Crippen LogP contribution is -2.19. The van der Waals surface area contributed by atoms with Crippen molar-refractivity contribution in [3.8, 4) is 0 Å². The summed E-state index contributed by atoms with van der Waals surface area (Å²) in [5.41, 5.74) is -1.14. The van der Waals surface area contributed by atoms with E-state index in [9.17, 15) is 28.1 Å². The molecule has 166 valence electrons. The summed E-state index contributed by atoms with van der Waals surface area (Å²) in [4.78, 5) is 35.6. The zero-order valence-corrected chi connectivity index (χ0v) is 18.0. The highest BCUT2D eigenvalue weighted by molar-refractivity contribution is 7.91. The van der Waals surface area contributed by atoms with Gasteiger partial charge < -0.3 is 9.47 Å². The lowest BCUT2D eigenvalue weighted by Gasteiger charge is -2.17. The lowest BCUT2D eigenvalue weighted by atomic mass is 10.00. The molecule has 3 aromatic rings. The van der Waals surface area contributed by atoms with Gasteiger partial charge in [0.2, 0.25) is 9.84 Å². The molecule has 0 atom stereocenters. The molecule has 0 unspecified atom stereocenters. The molecule has 3 aromatic carbocycles. The third-order valence-electron chi connectivity index (χ3n) is 4.58. The van der Waals surface area contributed by atoms with Crippen LogP contribution in [0.5, 0.6) is 0 Å². The van der Waals surface area contributed by atoms with E-state index in [-0.39, 0.29) is 40.1 Å². The van der Waals surface area contributed by atoms with Gasteiger partial charge in [-0.2, -0.15) is 0 Å². The molecular weight excluding hydrogens is 438 g/mol. The fraction of sp³-hybridized carbons (Fsp3) is 0.182. The first kappa shape index (κ1) is 22.9. The van der Waals surface area contributed by atoms with Crippen LogP contribution in [-0.2, 0) is 19.3 Å². The molecule has 0 amide bonds. The van der Waals surface area contributed by atoms with Crippen molar-refractivity contribution in [3.63, 3.8) is 0 Å². The highest BCUT2D eigenvalue weighted by Crippen LogP contribution is 2.36. The minimum absolute atomic E-state index is 0.0329. The Labute approximate surface area is 183 Å². The van der Waals surface area contributed by atoms with Crippen LogP contribution < -0.4 is 0 Å². The molecular formula is C22H19NO8S. The van der Waals surface area contributed by atoms with Crippen molar-refractivity contribution in [1.29, 1.82) is 0 Å². The number of nitrogens with zero attached hydrogens (tertiary/aromatic N) is 1. The Morgan fingerprint density at radius 2 is 1.56 bits per heavy atom. The van der Waals surface area contributed by atoms with Crippen molar-refractivity contribution in [2.24, 2.45) is 0 Å². The van der Waals surface area contributed by atoms with Gasteiger partial charge >= 0.3 is 11.9 Å². The van der Waals surface area contributed by atoms with Crippen molar-refractivity contribution in [2.75, 3.05) is 13.2 Å². The average molecular weight is 457 g/mol. The number of hydrogen-bond donors (Lipinski definition) is 0. The van der Waals surface area contributed by atoms with Gasteiger partial charge in [0.1, 0.15) is 0 Å². The van der Waals surface area contributed by atoms with Crippen molar-refractivity contribution in [2.45, 2.75) is 23.6 Å². The van der Waals surface area contributed by atoms with Crippen LogP contribution in [0.3, 0.4) is 0 Å². The van der Waals surface area contributed by atoms with E-state index in [1.54, 1.807) is 13.0 Å². The molecule has 9 nitrogen and oxygen atoms in total. The maximum absolute atomic E-state index is 13.6. The molecule has 0 saturated carbocycles. The van der Waals surface area contributed by atoms with E-state index < -0.39 is 37.2 Å². The summed E-state index contributed by atoms with van der Waals surface area (Å²) in [6.45, 7) is 2.99. The highest BCUT2D eigenvalue weighted by atomic mass is 32.2. The van der Waals surface area contributed by atoms with E-state index in [1.165, 1.54) is 43.3 Å². The quantitative estimate of drug-likeness (QED) is 0.296. The molecule has 0 heterocycles. The molecule has 3 rings (SSSR count). The van der Waals surface area contributed by atoms with Crippen LogP contribution in [0, 0.1) is 10.1 Å². The number of carbonyl (C=O) groups excluding carboxylic acids is 2. The standard InChI is InChI=1S/C22H19NO8S/c1-3-30-21(24)18-13-14-12-15(23(26)27)10-11-17(14)20(19(18)22(25)31-4-2)32(28,29)16-8-6-5-7-9-16/h5-13H,3-4H2,1-2H3. The van der Waals surface area contributed by atoms with Gasteiger partial charge in [-0.25, -0.2) is 18.0 Å². The van der Waals surface area contributed by atoms with Crippen LogP contribution in [0.15, 0.2) is 64.4 Å². The largest absolute Gasteiger partial charge is 0.462 e. The van der Waals surface area contributed by atoms with Crippen molar-refractivity contribution < 1.29 is 32.4 Å². The number of rotatable bonds is 7. The Morgan fingerprint density at radius 3 is 2.16 bits per heavy atom. The Balaban J connectivity index is 2.52. The summed E-state index contributed by atoms with van der Waals surface area (Å²) >= 11 is 0. The Kier molecular flexibility index (Phi) is 6.54. The zero-order chi connectivity index (χ0) is 23.5.